The van der Waals surface area contributed by atoms with E-state index < -0.39 is 6.10 Å². The molecule has 2 aromatic rings. The Kier molecular flexibility index (Phi) is 3.68. The van der Waals surface area contributed by atoms with Crippen molar-refractivity contribution < 1.29 is 9.84 Å². The first-order valence-corrected chi connectivity index (χ1v) is 7.14. The Morgan fingerprint density at radius 2 is 2.30 bits per heavy atom. The third kappa shape index (κ3) is 2.81. The number of hydrogen-bond donors (Lipinski definition) is 1. The summed E-state index contributed by atoms with van der Waals surface area (Å²) in [5.41, 5.74) is 1.84. The highest BCUT2D eigenvalue weighted by molar-refractivity contribution is 6.32. The Labute approximate surface area is 123 Å². The van der Waals surface area contributed by atoms with E-state index in [1.165, 1.54) is 12.8 Å². The minimum absolute atomic E-state index is 0.449. The van der Waals surface area contributed by atoms with Crippen LogP contribution in [0.25, 0.3) is 0 Å². The Hall–Kier alpha value is -1.52. The zero-order valence-corrected chi connectivity index (χ0v) is 12.0. The van der Waals surface area contributed by atoms with Crippen LogP contribution in [0.15, 0.2) is 30.7 Å². The van der Waals surface area contributed by atoms with Gasteiger partial charge >= 0.3 is 0 Å². The largest absolute Gasteiger partial charge is 0.486 e. The molecule has 1 aliphatic carbocycles. The molecule has 1 aromatic carbocycles. The highest BCUT2D eigenvalue weighted by Gasteiger charge is 2.25. The van der Waals surface area contributed by atoms with E-state index in [0.29, 0.717) is 23.4 Å². The van der Waals surface area contributed by atoms with Crippen LogP contribution >= 0.6 is 11.6 Å². The summed E-state index contributed by atoms with van der Waals surface area (Å²) in [6, 6.07) is 5.94. The number of aromatic nitrogens is 2. The first-order chi connectivity index (χ1) is 9.65. The highest BCUT2D eigenvalue weighted by atomic mass is 35.5. The van der Waals surface area contributed by atoms with Crippen LogP contribution in [0.4, 0.5) is 0 Å². The predicted octanol–water partition coefficient (Wildman–Crippen LogP) is 3.50. The molecule has 1 N–H and O–H groups in total. The van der Waals surface area contributed by atoms with Crippen molar-refractivity contribution in [3.8, 4) is 5.75 Å². The van der Waals surface area contributed by atoms with Crippen LogP contribution in [0.5, 0.6) is 5.75 Å². The molecule has 5 heteroatoms. The van der Waals surface area contributed by atoms with Crippen LogP contribution in [0.3, 0.4) is 0 Å². The van der Waals surface area contributed by atoms with Crippen molar-refractivity contribution in [2.24, 2.45) is 0 Å². The molecule has 0 radical (unpaired) electrons. The number of nitrogens with zero attached hydrogens (tertiary/aromatic N) is 2. The summed E-state index contributed by atoms with van der Waals surface area (Å²) in [6.07, 6.45) is 5.59. The molecular formula is C15H17ClN2O2. The van der Waals surface area contributed by atoms with Crippen LogP contribution in [0.1, 0.15) is 43.2 Å². The van der Waals surface area contributed by atoms with E-state index in [9.17, 15) is 5.11 Å². The van der Waals surface area contributed by atoms with Crippen molar-refractivity contribution in [3.63, 3.8) is 0 Å². The summed E-state index contributed by atoms with van der Waals surface area (Å²) in [5.74, 6) is 0.625. The fourth-order valence-corrected chi connectivity index (χ4v) is 2.41. The quantitative estimate of drug-likeness (QED) is 0.917. The Morgan fingerprint density at radius 1 is 1.50 bits per heavy atom. The van der Waals surface area contributed by atoms with Crippen molar-refractivity contribution in [1.29, 1.82) is 0 Å². The second-order valence-corrected chi connectivity index (χ2v) is 5.59. The maximum absolute atomic E-state index is 9.51. The van der Waals surface area contributed by atoms with Gasteiger partial charge in [-0.05, 0) is 37.5 Å². The van der Waals surface area contributed by atoms with Gasteiger partial charge in [-0.15, -0.1) is 0 Å². The normalized spacial score (nSPS) is 16.1. The summed E-state index contributed by atoms with van der Waals surface area (Å²) < 4.78 is 7.92. The molecule has 1 fully saturated rings. The Morgan fingerprint density at radius 3 is 2.95 bits per heavy atom. The van der Waals surface area contributed by atoms with E-state index in [2.05, 4.69) is 9.55 Å². The lowest BCUT2D eigenvalue weighted by atomic mass is 10.1. The number of aliphatic hydroxyl groups is 1. The summed E-state index contributed by atoms with van der Waals surface area (Å²) in [4.78, 5) is 4.17. The van der Waals surface area contributed by atoms with Gasteiger partial charge in [0.05, 0.1) is 29.3 Å². The summed E-state index contributed by atoms with van der Waals surface area (Å²) >= 11 is 6.17. The standard InChI is InChI=1S/C15H17ClN2O2/c1-10(19)11-2-5-15(14(16)6-11)20-8-13-7-17-9-18(13)12-3-4-12/h2,5-7,9-10,12,19H,3-4,8H2,1H3/t10-/m0/s1. The smallest absolute Gasteiger partial charge is 0.138 e. The molecule has 106 valence electrons. The second kappa shape index (κ2) is 5.46. The Bertz CT molecular complexity index is 606. The first-order valence-electron chi connectivity index (χ1n) is 6.76. The lowest BCUT2D eigenvalue weighted by Crippen LogP contribution is -2.04. The molecule has 1 heterocycles. The molecule has 3 rings (SSSR count). The van der Waals surface area contributed by atoms with Crippen LogP contribution in [0, 0.1) is 0 Å². The summed E-state index contributed by atoms with van der Waals surface area (Å²) in [6.45, 7) is 2.16. The molecule has 4 nitrogen and oxygen atoms in total. The van der Waals surface area contributed by atoms with Crippen LogP contribution in [-0.4, -0.2) is 14.7 Å². The molecular weight excluding hydrogens is 276 g/mol. The fraction of sp³-hybridized carbons (Fsp3) is 0.400. The molecule has 1 atom stereocenters. The van der Waals surface area contributed by atoms with Gasteiger partial charge < -0.3 is 14.4 Å². The van der Waals surface area contributed by atoms with E-state index in [1.54, 1.807) is 19.1 Å². The van der Waals surface area contributed by atoms with Gasteiger partial charge in [-0.25, -0.2) is 4.98 Å². The van der Waals surface area contributed by atoms with Crippen molar-refractivity contribution in [3.05, 3.63) is 47.0 Å². The minimum Gasteiger partial charge on any atom is -0.486 e. The first kappa shape index (κ1) is 13.5. The van der Waals surface area contributed by atoms with Gasteiger partial charge in [-0.1, -0.05) is 17.7 Å². The van der Waals surface area contributed by atoms with Gasteiger partial charge in [-0.2, -0.15) is 0 Å². The number of halogens is 1. The second-order valence-electron chi connectivity index (χ2n) is 5.18. The molecule has 0 saturated heterocycles. The highest BCUT2D eigenvalue weighted by Crippen LogP contribution is 2.36. The molecule has 0 spiro atoms. The van der Waals surface area contributed by atoms with E-state index in [1.807, 2.05) is 18.6 Å². The van der Waals surface area contributed by atoms with Crippen LogP contribution in [0.2, 0.25) is 5.02 Å². The third-order valence-corrected chi connectivity index (χ3v) is 3.80. The molecule has 0 unspecified atom stereocenters. The zero-order chi connectivity index (χ0) is 14.1. The van der Waals surface area contributed by atoms with Crippen molar-refractivity contribution in [2.45, 2.75) is 38.5 Å². The topological polar surface area (TPSA) is 47.3 Å². The van der Waals surface area contributed by atoms with Gasteiger partial charge in [-0.3, -0.25) is 0 Å². The van der Waals surface area contributed by atoms with Gasteiger partial charge in [0.25, 0.3) is 0 Å². The van der Waals surface area contributed by atoms with E-state index in [4.69, 9.17) is 16.3 Å². The average molecular weight is 293 g/mol. The van der Waals surface area contributed by atoms with Crippen molar-refractivity contribution in [2.75, 3.05) is 0 Å². The van der Waals surface area contributed by atoms with Crippen LogP contribution in [-0.2, 0) is 6.61 Å². The van der Waals surface area contributed by atoms with Crippen LogP contribution < -0.4 is 4.74 Å². The third-order valence-electron chi connectivity index (χ3n) is 3.50. The lowest BCUT2D eigenvalue weighted by Gasteiger charge is -2.12. The molecule has 20 heavy (non-hydrogen) atoms. The SMILES string of the molecule is C[C@H](O)c1ccc(OCc2cncn2C2CC2)c(Cl)c1. The number of rotatable bonds is 5. The Balaban J connectivity index is 1.70. The fourth-order valence-electron chi connectivity index (χ4n) is 2.17. The van der Waals surface area contributed by atoms with Gasteiger partial charge in [0.1, 0.15) is 12.4 Å². The maximum atomic E-state index is 9.51. The van der Waals surface area contributed by atoms with Crippen molar-refractivity contribution >= 4 is 11.6 Å². The number of imidazole rings is 1. The van der Waals surface area contributed by atoms with E-state index >= 15 is 0 Å². The van der Waals surface area contributed by atoms with Gasteiger partial charge in [0.2, 0.25) is 0 Å². The van der Waals surface area contributed by atoms with Crippen molar-refractivity contribution in [1.82, 2.24) is 9.55 Å². The van der Waals surface area contributed by atoms with E-state index in [0.717, 1.165) is 11.3 Å². The molecule has 0 aliphatic heterocycles. The van der Waals surface area contributed by atoms with Gasteiger partial charge in [0.15, 0.2) is 0 Å². The maximum Gasteiger partial charge on any atom is 0.138 e. The zero-order valence-electron chi connectivity index (χ0n) is 11.3. The molecule has 0 bridgehead atoms. The number of ether oxygens (including phenoxy) is 1. The number of aliphatic hydroxyl groups excluding tert-OH is 1. The lowest BCUT2D eigenvalue weighted by molar-refractivity contribution is 0.199. The number of hydrogen-bond acceptors (Lipinski definition) is 3. The summed E-state index contributed by atoms with van der Waals surface area (Å²) in [7, 11) is 0. The number of benzene rings is 1. The monoisotopic (exact) mass is 292 g/mol. The molecule has 1 saturated carbocycles. The van der Waals surface area contributed by atoms with E-state index in [-0.39, 0.29) is 0 Å². The summed E-state index contributed by atoms with van der Waals surface area (Å²) in [5, 5.41) is 10.0. The molecule has 1 aliphatic rings. The molecule has 1 aromatic heterocycles. The minimum atomic E-state index is -0.530. The molecule has 0 amide bonds. The predicted molar refractivity (Wildman–Crippen MR) is 76.9 cm³/mol. The van der Waals surface area contributed by atoms with Gasteiger partial charge in [0, 0.05) is 6.04 Å². The average Bonchev–Trinajstić information content (AvgIpc) is 3.16.